The van der Waals surface area contributed by atoms with Crippen LogP contribution in [0.1, 0.15) is 31.9 Å². The van der Waals surface area contributed by atoms with E-state index in [1.165, 1.54) is 12.1 Å². The van der Waals surface area contributed by atoms with Gasteiger partial charge in [0.15, 0.2) is 0 Å². The molecule has 3 rings (SSSR count). The van der Waals surface area contributed by atoms with Crippen molar-refractivity contribution in [2.75, 3.05) is 6.54 Å². The largest absolute Gasteiger partial charge is 0.444 e. The van der Waals surface area contributed by atoms with Gasteiger partial charge in [0.1, 0.15) is 12.1 Å². The molecule has 2 heterocycles. The van der Waals surface area contributed by atoms with Crippen LogP contribution in [0.4, 0.5) is 4.39 Å². The summed E-state index contributed by atoms with van der Waals surface area (Å²) in [5.41, 5.74) is 1.45. The zero-order chi connectivity index (χ0) is 15.5. The number of aliphatic hydroxyl groups is 1. The van der Waals surface area contributed by atoms with E-state index in [1.807, 2.05) is 6.92 Å². The first kappa shape index (κ1) is 15.2. The Morgan fingerprint density at radius 3 is 3.09 bits per heavy atom. The Bertz CT molecular complexity index is 627. The lowest BCUT2D eigenvalue weighted by atomic mass is 9.98. The lowest BCUT2D eigenvalue weighted by molar-refractivity contribution is 0.0309. The Morgan fingerprint density at radius 1 is 1.45 bits per heavy atom. The summed E-state index contributed by atoms with van der Waals surface area (Å²) in [4.78, 5) is 6.70. The molecule has 1 aromatic carbocycles. The highest BCUT2D eigenvalue weighted by Crippen LogP contribution is 2.24. The fraction of sp³-hybridized carbons (Fsp3) is 0.471. The van der Waals surface area contributed by atoms with E-state index in [0.29, 0.717) is 18.0 Å². The second-order valence-corrected chi connectivity index (χ2v) is 5.93. The highest BCUT2D eigenvalue weighted by Gasteiger charge is 2.26. The van der Waals surface area contributed by atoms with E-state index in [0.717, 1.165) is 31.5 Å². The van der Waals surface area contributed by atoms with Crippen molar-refractivity contribution >= 4 is 0 Å². The Balaban J connectivity index is 1.73. The van der Waals surface area contributed by atoms with Gasteiger partial charge in [0, 0.05) is 18.2 Å². The highest BCUT2D eigenvalue weighted by molar-refractivity contribution is 5.52. The van der Waals surface area contributed by atoms with Crippen LogP contribution in [-0.2, 0) is 6.54 Å². The molecule has 0 radical (unpaired) electrons. The zero-order valence-electron chi connectivity index (χ0n) is 12.7. The number of aliphatic hydroxyl groups excluding tert-OH is 1. The monoisotopic (exact) mass is 304 g/mol. The molecule has 5 heteroatoms. The van der Waals surface area contributed by atoms with Crippen LogP contribution in [0.3, 0.4) is 0 Å². The summed E-state index contributed by atoms with van der Waals surface area (Å²) < 4.78 is 18.7. The third-order valence-corrected chi connectivity index (χ3v) is 4.21. The van der Waals surface area contributed by atoms with Gasteiger partial charge in [-0.3, -0.25) is 4.90 Å². The standard InChI is InChI=1S/C17H21FN2O2/c1-12(21)16-7-2-3-8-20(16)10-15-11-22-17(19-15)13-5-4-6-14(18)9-13/h4-6,9,11-12,16,21H,2-3,7-8,10H2,1H3. The van der Waals surface area contributed by atoms with Gasteiger partial charge < -0.3 is 9.52 Å². The fourth-order valence-corrected chi connectivity index (χ4v) is 3.10. The maximum Gasteiger partial charge on any atom is 0.226 e. The van der Waals surface area contributed by atoms with Gasteiger partial charge in [0.25, 0.3) is 0 Å². The number of hydrogen-bond donors (Lipinski definition) is 1. The summed E-state index contributed by atoms with van der Waals surface area (Å²) in [6.07, 6.45) is 4.56. The number of piperidine rings is 1. The minimum Gasteiger partial charge on any atom is -0.444 e. The second kappa shape index (κ2) is 6.58. The van der Waals surface area contributed by atoms with Gasteiger partial charge in [-0.15, -0.1) is 0 Å². The number of hydrogen-bond acceptors (Lipinski definition) is 4. The van der Waals surface area contributed by atoms with Crippen LogP contribution in [0.5, 0.6) is 0 Å². The average molecular weight is 304 g/mol. The molecule has 4 nitrogen and oxygen atoms in total. The molecule has 2 aromatic rings. The van der Waals surface area contributed by atoms with E-state index in [2.05, 4.69) is 9.88 Å². The van der Waals surface area contributed by atoms with Crippen LogP contribution in [0, 0.1) is 5.82 Å². The minimum atomic E-state index is -0.352. The number of likely N-dealkylation sites (tertiary alicyclic amines) is 1. The molecule has 2 atom stereocenters. The predicted octanol–water partition coefficient (Wildman–Crippen LogP) is 3.22. The van der Waals surface area contributed by atoms with E-state index in [9.17, 15) is 9.50 Å². The van der Waals surface area contributed by atoms with Gasteiger partial charge in [-0.2, -0.15) is 0 Å². The van der Waals surface area contributed by atoms with Crippen molar-refractivity contribution in [3.05, 3.63) is 42.0 Å². The van der Waals surface area contributed by atoms with Crippen LogP contribution < -0.4 is 0 Å². The van der Waals surface area contributed by atoms with Crippen LogP contribution >= 0.6 is 0 Å². The second-order valence-electron chi connectivity index (χ2n) is 5.93. The Hall–Kier alpha value is -1.72. The van der Waals surface area contributed by atoms with Crippen molar-refractivity contribution in [3.63, 3.8) is 0 Å². The summed E-state index contributed by atoms with van der Waals surface area (Å²) in [6.45, 7) is 3.44. The summed E-state index contributed by atoms with van der Waals surface area (Å²) in [5.74, 6) is 0.127. The number of halogens is 1. The minimum absolute atomic E-state index is 0.170. The third kappa shape index (κ3) is 3.36. The van der Waals surface area contributed by atoms with Crippen molar-refractivity contribution in [2.45, 2.75) is 44.9 Å². The van der Waals surface area contributed by atoms with E-state index < -0.39 is 0 Å². The van der Waals surface area contributed by atoms with Crippen molar-refractivity contribution in [2.24, 2.45) is 0 Å². The van der Waals surface area contributed by atoms with Gasteiger partial charge in [0.2, 0.25) is 5.89 Å². The Kier molecular flexibility index (Phi) is 4.55. The summed E-state index contributed by atoms with van der Waals surface area (Å²) in [7, 11) is 0. The molecule has 1 aliphatic rings. The van der Waals surface area contributed by atoms with Crippen molar-refractivity contribution < 1.29 is 13.9 Å². The molecule has 0 saturated carbocycles. The molecule has 1 aromatic heterocycles. The Morgan fingerprint density at radius 2 is 2.32 bits per heavy atom. The Labute approximate surface area is 129 Å². The van der Waals surface area contributed by atoms with E-state index in [1.54, 1.807) is 18.4 Å². The van der Waals surface area contributed by atoms with E-state index in [-0.39, 0.29) is 18.0 Å². The average Bonchev–Trinajstić information content (AvgIpc) is 2.96. The zero-order valence-corrected chi connectivity index (χ0v) is 12.7. The summed E-state index contributed by atoms with van der Waals surface area (Å²) in [5, 5.41) is 9.91. The lowest BCUT2D eigenvalue weighted by Gasteiger charge is -2.36. The van der Waals surface area contributed by atoms with E-state index >= 15 is 0 Å². The molecule has 1 N–H and O–H groups in total. The van der Waals surface area contributed by atoms with Crippen molar-refractivity contribution in [3.8, 4) is 11.5 Å². The molecular formula is C17H21FN2O2. The molecule has 0 amide bonds. The SMILES string of the molecule is CC(O)C1CCCCN1Cc1coc(-c2cccc(F)c2)n1. The maximum absolute atomic E-state index is 13.3. The maximum atomic E-state index is 13.3. The smallest absolute Gasteiger partial charge is 0.226 e. The topological polar surface area (TPSA) is 49.5 Å². The number of aromatic nitrogens is 1. The number of benzene rings is 1. The molecule has 0 spiro atoms. The van der Waals surface area contributed by atoms with E-state index in [4.69, 9.17) is 4.42 Å². The molecule has 2 unspecified atom stereocenters. The van der Waals surface area contributed by atoms with Crippen LogP contribution in [0.15, 0.2) is 34.9 Å². The number of rotatable bonds is 4. The normalized spacial score (nSPS) is 21.0. The van der Waals surface area contributed by atoms with Gasteiger partial charge in [-0.25, -0.2) is 9.37 Å². The fourth-order valence-electron chi connectivity index (χ4n) is 3.10. The number of nitrogens with zero attached hydrogens (tertiary/aromatic N) is 2. The van der Waals surface area contributed by atoms with Gasteiger partial charge >= 0.3 is 0 Å². The molecule has 118 valence electrons. The first-order chi connectivity index (χ1) is 10.6. The van der Waals surface area contributed by atoms with Gasteiger partial charge in [-0.05, 0) is 44.5 Å². The van der Waals surface area contributed by atoms with Crippen LogP contribution in [0.2, 0.25) is 0 Å². The molecule has 1 aliphatic heterocycles. The summed E-state index contributed by atoms with van der Waals surface area (Å²) in [6, 6.07) is 6.40. The first-order valence-corrected chi connectivity index (χ1v) is 7.76. The predicted molar refractivity (Wildman–Crippen MR) is 81.6 cm³/mol. The molecule has 1 fully saturated rings. The van der Waals surface area contributed by atoms with Crippen molar-refractivity contribution in [1.82, 2.24) is 9.88 Å². The molecule has 22 heavy (non-hydrogen) atoms. The third-order valence-electron chi connectivity index (χ3n) is 4.21. The van der Waals surface area contributed by atoms with Crippen LogP contribution in [0.25, 0.3) is 11.5 Å². The van der Waals surface area contributed by atoms with Crippen LogP contribution in [-0.4, -0.2) is 33.7 Å². The number of oxazole rings is 1. The lowest BCUT2D eigenvalue weighted by Crippen LogP contribution is -2.45. The molecule has 0 aliphatic carbocycles. The van der Waals surface area contributed by atoms with Gasteiger partial charge in [0.05, 0.1) is 11.8 Å². The molecule has 1 saturated heterocycles. The first-order valence-electron chi connectivity index (χ1n) is 7.76. The highest BCUT2D eigenvalue weighted by atomic mass is 19.1. The molecular weight excluding hydrogens is 283 g/mol. The quantitative estimate of drug-likeness (QED) is 0.942. The van der Waals surface area contributed by atoms with Crippen molar-refractivity contribution in [1.29, 1.82) is 0 Å². The summed E-state index contributed by atoms with van der Waals surface area (Å²) >= 11 is 0. The molecule has 0 bridgehead atoms. The van der Waals surface area contributed by atoms with Gasteiger partial charge in [-0.1, -0.05) is 12.5 Å².